The molecule has 222 valence electrons. The van der Waals surface area contributed by atoms with Gasteiger partial charge in [-0.05, 0) is 28.8 Å². The molecule has 6 nitrogen and oxygen atoms in total. The third kappa shape index (κ3) is 5.50. The van der Waals surface area contributed by atoms with Crippen LogP contribution < -0.4 is 0 Å². The number of aliphatic hydroxyl groups is 1. The summed E-state index contributed by atoms with van der Waals surface area (Å²) >= 11 is 11.4. The van der Waals surface area contributed by atoms with Gasteiger partial charge in [0.1, 0.15) is 12.2 Å². The summed E-state index contributed by atoms with van der Waals surface area (Å²) in [6.07, 6.45) is -11.8. The third-order valence-electron chi connectivity index (χ3n) is 7.11. The topological polar surface area (TPSA) is 71.4 Å². The highest BCUT2D eigenvalue weighted by Gasteiger charge is 2.63. The zero-order valence-electron chi connectivity index (χ0n) is 21.3. The lowest BCUT2D eigenvalue weighted by atomic mass is 9.84. The molecule has 1 amide bonds. The molecular weight excluding hydrogens is 613 g/mol. The van der Waals surface area contributed by atoms with Gasteiger partial charge in [0.25, 0.3) is 5.60 Å². The van der Waals surface area contributed by atoms with Gasteiger partial charge in [0.05, 0.1) is 34.4 Å². The van der Waals surface area contributed by atoms with Crippen LogP contribution in [0.3, 0.4) is 0 Å². The lowest BCUT2D eigenvalue weighted by Gasteiger charge is -2.45. The maximum Gasteiger partial charge on any atom is 0.435 e. The van der Waals surface area contributed by atoms with Gasteiger partial charge >= 0.3 is 18.4 Å². The summed E-state index contributed by atoms with van der Waals surface area (Å²) in [5, 5.41) is 12.9. The van der Waals surface area contributed by atoms with Gasteiger partial charge in [0.15, 0.2) is 0 Å². The van der Waals surface area contributed by atoms with Crippen LogP contribution in [0.1, 0.15) is 34.2 Å². The molecule has 42 heavy (non-hydrogen) atoms. The van der Waals surface area contributed by atoms with E-state index in [0.717, 1.165) is 5.56 Å². The van der Waals surface area contributed by atoms with Gasteiger partial charge in [-0.1, -0.05) is 83.0 Å². The van der Waals surface area contributed by atoms with Gasteiger partial charge in [-0.25, -0.2) is 4.79 Å². The molecule has 0 aliphatic carbocycles. The quantitative estimate of drug-likeness (QED) is 0.297. The number of hydrogen-bond donors (Lipinski definition) is 1. The molecule has 2 aliphatic rings. The van der Waals surface area contributed by atoms with Gasteiger partial charge in [0, 0.05) is 12.0 Å². The summed E-state index contributed by atoms with van der Waals surface area (Å²) in [7, 11) is 0. The number of β-amino-alcohol motifs (C(OH)–C–C–N with tert-alkyl or cyclic N) is 1. The molecule has 3 aromatic rings. The number of halogens is 8. The molecular formula is C28H20Cl2F6N2O4. The van der Waals surface area contributed by atoms with Crippen LogP contribution in [0, 0.1) is 0 Å². The number of oxime groups is 1. The Balaban J connectivity index is 1.29. The van der Waals surface area contributed by atoms with Crippen molar-refractivity contribution in [1.29, 1.82) is 0 Å². The maximum atomic E-state index is 14.3. The van der Waals surface area contributed by atoms with Crippen molar-refractivity contribution in [1.82, 2.24) is 4.90 Å². The molecule has 0 aromatic heterocycles. The Morgan fingerprint density at radius 2 is 1.62 bits per heavy atom. The number of hydrogen-bond acceptors (Lipinski definition) is 5. The minimum absolute atomic E-state index is 0.0621. The van der Waals surface area contributed by atoms with Crippen LogP contribution >= 0.6 is 23.2 Å². The summed E-state index contributed by atoms with van der Waals surface area (Å²) in [4.78, 5) is 18.4. The Morgan fingerprint density at radius 1 is 0.976 bits per heavy atom. The summed E-state index contributed by atoms with van der Waals surface area (Å²) in [5.41, 5.74) is -5.93. The van der Waals surface area contributed by atoms with E-state index in [2.05, 4.69) is 5.16 Å². The number of carbonyl (C=O) groups excluding carboxylic acids is 1. The van der Waals surface area contributed by atoms with Crippen LogP contribution in [0.15, 0.2) is 71.9 Å². The van der Waals surface area contributed by atoms with Gasteiger partial charge in [-0.15, -0.1) is 0 Å². The van der Waals surface area contributed by atoms with Gasteiger partial charge < -0.3 is 19.6 Å². The van der Waals surface area contributed by atoms with Crippen molar-refractivity contribution in [2.45, 2.75) is 36.6 Å². The van der Waals surface area contributed by atoms with E-state index in [1.54, 1.807) is 24.3 Å². The second-order valence-electron chi connectivity index (χ2n) is 9.95. The van der Waals surface area contributed by atoms with Crippen molar-refractivity contribution >= 4 is 35.0 Å². The average molecular weight is 633 g/mol. The molecule has 0 spiro atoms. The molecule has 1 N–H and O–H groups in total. The zero-order valence-corrected chi connectivity index (χ0v) is 22.8. The second kappa shape index (κ2) is 10.7. The van der Waals surface area contributed by atoms with Crippen LogP contribution in [0.4, 0.5) is 31.1 Å². The van der Waals surface area contributed by atoms with Crippen molar-refractivity contribution in [3.63, 3.8) is 0 Å². The Labute approximate surface area is 245 Å². The monoisotopic (exact) mass is 632 g/mol. The van der Waals surface area contributed by atoms with Crippen LogP contribution in [-0.2, 0) is 33.6 Å². The minimum atomic E-state index is -5.18. The predicted molar refractivity (Wildman–Crippen MR) is 140 cm³/mol. The number of alkyl halides is 6. The fourth-order valence-corrected chi connectivity index (χ4v) is 5.20. The number of amides is 1. The van der Waals surface area contributed by atoms with Crippen molar-refractivity contribution in [3.8, 4) is 0 Å². The van der Waals surface area contributed by atoms with Crippen molar-refractivity contribution in [3.05, 3.63) is 105 Å². The van der Waals surface area contributed by atoms with Gasteiger partial charge in [-0.3, -0.25) is 0 Å². The van der Waals surface area contributed by atoms with Gasteiger partial charge in [-0.2, -0.15) is 26.3 Å². The first-order valence-electron chi connectivity index (χ1n) is 12.3. The molecule has 1 atom stereocenters. The van der Waals surface area contributed by atoms with E-state index < -0.39 is 57.2 Å². The lowest BCUT2D eigenvalue weighted by Crippen LogP contribution is -2.61. The highest BCUT2D eigenvalue weighted by atomic mass is 35.5. The van der Waals surface area contributed by atoms with E-state index in [1.165, 1.54) is 29.2 Å². The van der Waals surface area contributed by atoms with E-state index in [1.807, 2.05) is 6.07 Å². The number of ether oxygens (including phenoxy) is 1. The maximum absolute atomic E-state index is 14.3. The van der Waals surface area contributed by atoms with Crippen LogP contribution in [0.5, 0.6) is 0 Å². The number of benzene rings is 3. The molecule has 14 heteroatoms. The summed E-state index contributed by atoms with van der Waals surface area (Å²) in [6.45, 7) is -0.0766. The SMILES string of the molecule is O=C(OCc1ccccc1)N1CC(O)(c2ccc(C3=NO[C@](c4cc(Cl)c(Cl)c(C(F)(F)F)c4)(C(F)(F)F)C3)cc2)C1. The van der Waals surface area contributed by atoms with Gasteiger partial charge in [0.2, 0.25) is 0 Å². The van der Waals surface area contributed by atoms with E-state index >= 15 is 0 Å². The van der Waals surface area contributed by atoms with E-state index in [0.29, 0.717) is 11.6 Å². The Morgan fingerprint density at radius 3 is 2.21 bits per heavy atom. The van der Waals surface area contributed by atoms with Crippen LogP contribution in [0.25, 0.3) is 0 Å². The average Bonchev–Trinajstić information content (AvgIpc) is 3.39. The first-order chi connectivity index (χ1) is 19.6. The van der Waals surface area contributed by atoms with E-state index in [9.17, 15) is 36.2 Å². The highest BCUT2D eigenvalue weighted by Crippen LogP contribution is 2.51. The smallest absolute Gasteiger partial charge is 0.435 e. The third-order valence-corrected chi connectivity index (χ3v) is 7.91. The normalized spacial score (nSPS) is 20.0. The molecule has 3 aromatic carbocycles. The molecule has 0 radical (unpaired) electrons. The van der Waals surface area contributed by atoms with E-state index in [4.69, 9.17) is 32.8 Å². The Hall–Kier alpha value is -3.48. The molecule has 0 unspecified atom stereocenters. The standard InChI is InChI=1S/C28H20Cl2F6N2O4/c29-21-11-19(10-20(23(21)30)27(31,32)33)26(28(34,35)36)12-22(37-42-26)17-6-8-18(9-7-17)25(40)14-38(15-25)24(39)41-13-16-4-2-1-3-5-16/h1-11,40H,12-15H2/t26-/m1/s1. The van der Waals surface area contributed by atoms with Crippen molar-refractivity contribution in [2.24, 2.45) is 5.16 Å². The molecule has 0 bridgehead atoms. The fourth-order valence-electron chi connectivity index (χ4n) is 4.77. The molecule has 2 aliphatic heterocycles. The number of likely N-dealkylation sites (tertiary alicyclic amines) is 1. The first-order valence-corrected chi connectivity index (χ1v) is 13.1. The highest BCUT2D eigenvalue weighted by molar-refractivity contribution is 6.42. The van der Waals surface area contributed by atoms with E-state index in [-0.39, 0.29) is 37.0 Å². The van der Waals surface area contributed by atoms with Crippen molar-refractivity contribution < 1.29 is 45.8 Å². The molecule has 1 fully saturated rings. The van der Waals surface area contributed by atoms with Crippen molar-refractivity contribution in [2.75, 3.05) is 13.1 Å². The first kappa shape index (κ1) is 30.0. The second-order valence-corrected chi connectivity index (χ2v) is 10.7. The Kier molecular flexibility index (Phi) is 7.61. The lowest BCUT2D eigenvalue weighted by molar-refractivity contribution is -0.276. The minimum Gasteiger partial charge on any atom is -0.445 e. The predicted octanol–water partition coefficient (Wildman–Crippen LogP) is 7.43. The summed E-state index contributed by atoms with van der Waals surface area (Å²) in [6, 6.07) is 15.7. The molecule has 1 saturated heterocycles. The fraction of sp³-hybridized carbons (Fsp3) is 0.286. The molecule has 5 rings (SSSR count). The number of carbonyl (C=O) groups is 1. The zero-order chi connectivity index (χ0) is 30.5. The summed E-state index contributed by atoms with van der Waals surface area (Å²) < 4.78 is 88.7. The summed E-state index contributed by atoms with van der Waals surface area (Å²) in [5.74, 6) is 0. The van der Waals surface area contributed by atoms with Crippen LogP contribution in [0.2, 0.25) is 10.0 Å². The number of nitrogens with zero attached hydrogens (tertiary/aromatic N) is 2. The molecule has 0 saturated carbocycles. The van der Waals surface area contributed by atoms with Crippen LogP contribution in [-0.4, -0.2) is 41.1 Å². The molecule has 2 heterocycles. The Bertz CT molecular complexity index is 1520. The number of rotatable bonds is 5. The largest absolute Gasteiger partial charge is 0.445 e.